The largest absolute Gasteiger partial charge is 0.295 e. The lowest BCUT2D eigenvalue weighted by molar-refractivity contribution is -0.0224. The van der Waals surface area contributed by atoms with E-state index in [9.17, 15) is 8.78 Å². The molecule has 0 unspecified atom stereocenters. The smallest absolute Gasteiger partial charge is 0.264 e. The molecule has 0 aromatic heterocycles. The van der Waals surface area contributed by atoms with Crippen LogP contribution in [-0.4, -0.2) is 30.0 Å². The monoisotopic (exact) mass is 163 g/mol. The van der Waals surface area contributed by atoms with Crippen LogP contribution in [0.5, 0.6) is 0 Å². The molecule has 0 bridgehead atoms. The Kier molecular flexibility index (Phi) is 2.19. The minimum absolute atomic E-state index is 0.0637. The van der Waals surface area contributed by atoms with Crippen molar-refractivity contribution in [3.63, 3.8) is 0 Å². The Morgan fingerprint density at radius 2 is 2.00 bits per heavy atom. The molecular weight excluding hydrogens is 148 g/mol. The maximum Gasteiger partial charge on any atom is 0.264 e. The van der Waals surface area contributed by atoms with Gasteiger partial charge in [0, 0.05) is 18.5 Å². The summed E-state index contributed by atoms with van der Waals surface area (Å²) in [5, 5.41) is 0. The van der Waals surface area contributed by atoms with Crippen molar-refractivity contribution < 1.29 is 8.78 Å². The minimum atomic E-state index is -2.47. The van der Waals surface area contributed by atoms with Crippen molar-refractivity contribution >= 4 is 0 Å². The van der Waals surface area contributed by atoms with Gasteiger partial charge in [0.1, 0.15) is 0 Å². The first-order chi connectivity index (χ1) is 4.93. The van der Waals surface area contributed by atoms with Crippen LogP contribution in [0.1, 0.15) is 20.8 Å². The molecule has 0 saturated carbocycles. The van der Waals surface area contributed by atoms with E-state index in [-0.39, 0.29) is 12.6 Å². The lowest BCUT2D eigenvalue weighted by Gasteiger charge is -2.19. The Morgan fingerprint density at radius 3 is 2.18 bits per heavy atom. The van der Waals surface area contributed by atoms with Crippen molar-refractivity contribution in [1.82, 2.24) is 4.90 Å². The predicted molar refractivity (Wildman–Crippen MR) is 40.8 cm³/mol. The molecule has 3 heteroatoms. The average Bonchev–Trinajstić information content (AvgIpc) is 2.08. The van der Waals surface area contributed by atoms with E-state index in [4.69, 9.17) is 0 Å². The highest BCUT2D eigenvalue weighted by atomic mass is 19.3. The van der Waals surface area contributed by atoms with Crippen LogP contribution in [0.2, 0.25) is 0 Å². The van der Waals surface area contributed by atoms with Gasteiger partial charge in [-0.05, 0) is 13.8 Å². The molecule has 0 radical (unpaired) electrons. The molecule has 1 fully saturated rings. The first-order valence-electron chi connectivity index (χ1n) is 4.05. The van der Waals surface area contributed by atoms with E-state index in [2.05, 4.69) is 0 Å². The average molecular weight is 163 g/mol. The van der Waals surface area contributed by atoms with Gasteiger partial charge >= 0.3 is 0 Å². The van der Waals surface area contributed by atoms with Crippen LogP contribution in [0.25, 0.3) is 0 Å². The third-order valence-corrected chi connectivity index (χ3v) is 2.37. The summed E-state index contributed by atoms with van der Waals surface area (Å²) in [6.45, 7) is 5.99. The van der Waals surface area contributed by atoms with Crippen LogP contribution >= 0.6 is 0 Å². The Bertz CT molecular complexity index is 145. The van der Waals surface area contributed by atoms with Crippen LogP contribution < -0.4 is 0 Å². The van der Waals surface area contributed by atoms with Crippen molar-refractivity contribution in [2.45, 2.75) is 32.7 Å². The second-order valence-corrected chi connectivity index (χ2v) is 3.69. The van der Waals surface area contributed by atoms with Gasteiger partial charge < -0.3 is 0 Å². The van der Waals surface area contributed by atoms with Crippen molar-refractivity contribution in [2.24, 2.45) is 5.92 Å². The van der Waals surface area contributed by atoms with Crippen molar-refractivity contribution in [1.29, 1.82) is 0 Å². The number of halogens is 2. The fraction of sp³-hybridized carbons (Fsp3) is 1.00. The molecule has 1 saturated heterocycles. The topological polar surface area (TPSA) is 3.24 Å². The quantitative estimate of drug-likeness (QED) is 0.571. The van der Waals surface area contributed by atoms with E-state index in [1.165, 1.54) is 0 Å². The van der Waals surface area contributed by atoms with E-state index >= 15 is 0 Å². The van der Waals surface area contributed by atoms with Gasteiger partial charge in [0.2, 0.25) is 0 Å². The highest BCUT2D eigenvalue weighted by Crippen LogP contribution is 2.33. The van der Waals surface area contributed by atoms with Gasteiger partial charge in [-0.1, -0.05) is 6.92 Å². The first kappa shape index (κ1) is 8.91. The minimum Gasteiger partial charge on any atom is -0.295 e. The van der Waals surface area contributed by atoms with Gasteiger partial charge in [0.25, 0.3) is 5.92 Å². The Morgan fingerprint density at radius 1 is 1.45 bits per heavy atom. The summed E-state index contributed by atoms with van der Waals surface area (Å²) in [6.07, 6.45) is 0. The van der Waals surface area contributed by atoms with Crippen LogP contribution in [-0.2, 0) is 0 Å². The van der Waals surface area contributed by atoms with E-state index < -0.39 is 11.8 Å². The molecule has 1 rings (SSSR count). The third-order valence-electron chi connectivity index (χ3n) is 2.37. The van der Waals surface area contributed by atoms with Gasteiger partial charge in [0.15, 0.2) is 0 Å². The van der Waals surface area contributed by atoms with Crippen molar-refractivity contribution in [3.8, 4) is 0 Å². The van der Waals surface area contributed by atoms with Gasteiger partial charge in [-0.3, -0.25) is 4.90 Å². The van der Waals surface area contributed by atoms with Gasteiger partial charge in [-0.25, -0.2) is 8.78 Å². The lowest BCUT2D eigenvalue weighted by atomic mass is 10.1. The molecule has 0 aromatic carbocycles. The zero-order valence-corrected chi connectivity index (χ0v) is 7.27. The molecule has 0 aliphatic carbocycles. The van der Waals surface area contributed by atoms with E-state index in [0.717, 1.165) is 0 Å². The number of alkyl halides is 2. The zero-order valence-electron chi connectivity index (χ0n) is 7.27. The number of rotatable bonds is 1. The summed E-state index contributed by atoms with van der Waals surface area (Å²) < 4.78 is 25.8. The standard InChI is InChI=1S/C8H15F2N/c1-6(2)11-4-7(3)8(9,10)5-11/h6-7H,4-5H2,1-3H3/t7-/m1/s1. The van der Waals surface area contributed by atoms with Gasteiger partial charge in [0.05, 0.1) is 6.54 Å². The normalized spacial score (nSPS) is 31.6. The van der Waals surface area contributed by atoms with Crippen LogP contribution in [0.15, 0.2) is 0 Å². The zero-order chi connectivity index (χ0) is 8.65. The van der Waals surface area contributed by atoms with E-state index in [1.807, 2.05) is 18.7 Å². The van der Waals surface area contributed by atoms with Crippen LogP contribution in [0, 0.1) is 5.92 Å². The van der Waals surface area contributed by atoms with Crippen LogP contribution in [0.4, 0.5) is 8.78 Å². The van der Waals surface area contributed by atoms with E-state index in [0.29, 0.717) is 6.54 Å². The Hall–Kier alpha value is -0.180. The molecule has 0 spiro atoms. The SMILES string of the molecule is CC(C)N1C[C@@H](C)C(F)(F)C1. The van der Waals surface area contributed by atoms with Gasteiger partial charge in [-0.2, -0.15) is 0 Å². The molecule has 1 nitrogen and oxygen atoms in total. The maximum atomic E-state index is 12.9. The Labute approximate surface area is 66.4 Å². The number of nitrogens with zero attached hydrogens (tertiary/aromatic N) is 1. The summed E-state index contributed by atoms with van der Waals surface area (Å²) in [5.41, 5.74) is 0. The fourth-order valence-electron chi connectivity index (χ4n) is 1.37. The molecule has 0 N–H and O–H groups in total. The summed E-state index contributed by atoms with van der Waals surface area (Å²) in [5.74, 6) is -2.95. The third kappa shape index (κ3) is 1.70. The molecule has 1 heterocycles. The summed E-state index contributed by atoms with van der Waals surface area (Å²) >= 11 is 0. The number of hydrogen-bond donors (Lipinski definition) is 0. The summed E-state index contributed by atoms with van der Waals surface area (Å²) in [6, 6.07) is 0.242. The summed E-state index contributed by atoms with van der Waals surface area (Å²) in [4.78, 5) is 1.82. The second-order valence-electron chi connectivity index (χ2n) is 3.69. The second kappa shape index (κ2) is 2.70. The molecule has 11 heavy (non-hydrogen) atoms. The fourth-order valence-corrected chi connectivity index (χ4v) is 1.37. The molecule has 1 aliphatic rings. The molecule has 1 aliphatic heterocycles. The van der Waals surface area contributed by atoms with Crippen LogP contribution in [0.3, 0.4) is 0 Å². The summed E-state index contributed by atoms with van der Waals surface area (Å²) in [7, 11) is 0. The Balaban J connectivity index is 2.57. The van der Waals surface area contributed by atoms with E-state index in [1.54, 1.807) is 6.92 Å². The highest BCUT2D eigenvalue weighted by Gasteiger charge is 2.45. The first-order valence-corrected chi connectivity index (χ1v) is 4.05. The van der Waals surface area contributed by atoms with Gasteiger partial charge in [-0.15, -0.1) is 0 Å². The highest BCUT2D eigenvalue weighted by molar-refractivity contribution is 4.88. The maximum absolute atomic E-state index is 12.9. The lowest BCUT2D eigenvalue weighted by Crippen LogP contribution is -2.31. The molecule has 0 amide bonds. The predicted octanol–water partition coefficient (Wildman–Crippen LogP) is 1.98. The molecule has 0 aromatic rings. The van der Waals surface area contributed by atoms with Crippen molar-refractivity contribution in [3.05, 3.63) is 0 Å². The molecular formula is C8H15F2N. The number of hydrogen-bond acceptors (Lipinski definition) is 1. The molecule has 1 atom stereocenters. The van der Waals surface area contributed by atoms with Crippen molar-refractivity contribution in [2.75, 3.05) is 13.1 Å². The number of likely N-dealkylation sites (tertiary alicyclic amines) is 1. The molecule has 66 valence electrons.